The molecule has 0 spiro atoms. The van der Waals surface area contributed by atoms with Crippen LogP contribution in [0.15, 0.2) is 340 Å². The molecule has 0 aliphatic heterocycles. The zero-order chi connectivity index (χ0) is 71.8. The molecule has 512 valence electrons. The van der Waals surface area contributed by atoms with E-state index in [0.717, 1.165) is 22.7 Å². The number of rotatable bonds is 8. The molecule has 0 radical (unpaired) electrons. The van der Waals surface area contributed by atoms with E-state index in [1.165, 1.54) is 192 Å². The van der Waals surface area contributed by atoms with Gasteiger partial charge in [-0.2, -0.15) is 0 Å². The van der Waals surface area contributed by atoms with Crippen LogP contribution in [0.5, 0.6) is 0 Å². The number of aromatic nitrogens is 8. The van der Waals surface area contributed by atoms with Crippen LogP contribution in [0.25, 0.3) is 197 Å². The average Bonchev–Trinajstić information content (AvgIpc) is 1.66. The molecule has 24 aromatic rings. The SMILES string of the molecule is Cn1c2ccccc2c2cc3c(cc21)c1ccccc1n3-c1cc[c]([Ge]([c]2ccc(-n3c4ccccc4c4cc5c(cc43)c3ccccc3n5C)cc2)([c]2ccc(-n3c4ccccc4c4cc5c(cc43)c3ccccc3n5C)cc2)[c]2ccc(-n3c4ccccc4c4cc5c(cc43)c3ccccc3n5C)cc2)cc1. The van der Waals surface area contributed by atoms with Gasteiger partial charge in [0.05, 0.1) is 0 Å². The number of benzene rings is 16. The summed E-state index contributed by atoms with van der Waals surface area (Å²) in [5.41, 5.74) is 23.8. The van der Waals surface area contributed by atoms with Crippen molar-refractivity contribution in [2.45, 2.75) is 0 Å². The molecule has 8 heterocycles. The average molecular weight is 1450 g/mol. The Balaban J connectivity index is 0.763. The van der Waals surface area contributed by atoms with Crippen LogP contribution in [-0.2, 0) is 28.2 Å². The third-order valence-corrected chi connectivity index (χ3v) is 35.1. The molecule has 0 fully saturated rings. The Morgan fingerprint density at radius 1 is 0.147 bits per heavy atom. The van der Waals surface area contributed by atoms with Crippen molar-refractivity contribution in [2.24, 2.45) is 28.2 Å². The molecule has 0 aliphatic carbocycles. The van der Waals surface area contributed by atoms with Crippen molar-refractivity contribution >= 4 is 205 Å². The van der Waals surface area contributed by atoms with Gasteiger partial charge in [-0.3, -0.25) is 0 Å². The Morgan fingerprint density at radius 2 is 0.303 bits per heavy atom. The van der Waals surface area contributed by atoms with Gasteiger partial charge < -0.3 is 0 Å². The molecule has 16 aromatic carbocycles. The Hall–Kier alpha value is -13.5. The fraction of sp³-hybridized carbons (Fsp3) is 0.0400. The van der Waals surface area contributed by atoms with Crippen molar-refractivity contribution in [3.8, 4) is 22.7 Å². The third-order valence-electron chi connectivity index (χ3n) is 25.1. The van der Waals surface area contributed by atoms with Crippen LogP contribution in [0, 0.1) is 0 Å². The Bertz CT molecular complexity index is 7100. The van der Waals surface area contributed by atoms with Crippen LogP contribution < -0.4 is 17.6 Å². The molecule has 0 aliphatic rings. The molecular weight excluding hydrogens is 1390 g/mol. The van der Waals surface area contributed by atoms with Crippen molar-refractivity contribution < 1.29 is 0 Å². The molecule has 8 nitrogen and oxygen atoms in total. The van der Waals surface area contributed by atoms with Gasteiger partial charge in [0.2, 0.25) is 0 Å². The Morgan fingerprint density at radius 3 is 0.505 bits per heavy atom. The van der Waals surface area contributed by atoms with Gasteiger partial charge in [0, 0.05) is 0 Å². The molecule has 0 bridgehead atoms. The van der Waals surface area contributed by atoms with Crippen molar-refractivity contribution in [1.82, 2.24) is 36.5 Å². The first-order valence-electron chi connectivity index (χ1n) is 37.8. The number of fused-ring (bicyclic) bond motifs is 24. The summed E-state index contributed by atoms with van der Waals surface area (Å²) in [5.74, 6) is 0. The van der Waals surface area contributed by atoms with E-state index >= 15 is 0 Å². The predicted octanol–water partition coefficient (Wildman–Crippen LogP) is 22.0. The van der Waals surface area contributed by atoms with Gasteiger partial charge >= 0.3 is 632 Å². The molecular formula is C100H68GeN8. The Labute approximate surface area is 628 Å². The third kappa shape index (κ3) is 8.17. The summed E-state index contributed by atoms with van der Waals surface area (Å²) >= 11 is -4.36. The molecule has 0 saturated carbocycles. The number of aryl methyl sites for hydroxylation is 4. The van der Waals surface area contributed by atoms with Crippen molar-refractivity contribution in [2.75, 3.05) is 0 Å². The summed E-state index contributed by atoms with van der Waals surface area (Å²) in [6, 6.07) is 130. The van der Waals surface area contributed by atoms with Gasteiger partial charge in [-0.25, -0.2) is 0 Å². The van der Waals surface area contributed by atoms with Crippen LogP contribution in [0.2, 0.25) is 0 Å². The maximum atomic E-state index is 2.51. The summed E-state index contributed by atoms with van der Waals surface area (Å²) in [5, 5.41) is 20.0. The first kappa shape index (κ1) is 60.7. The Kier molecular flexibility index (Phi) is 12.4. The van der Waals surface area contributed by atoms with Crippen molar-refractivity contribution in [1.29, 1.82) is 0 Å². The molecule has 0 amide bonds. The second kappa shape index (κ2) is 22.3. The molecule has 9 heteroatoms. The maximum absolute atomic E-state index is 4.36. The summed E-state index contributed by atoms with van der Waals surface area (Å²) in [4.78, 5) is 0. The quantitative estimate of drug-likeness (QED) is 0.136. The number of para-hydroxylation sites is 8. The van der Waals surface area contributed by atoms with Gasteiger partial charge in [0.25, 0.3) is 0 Å². The summed E-state index contributed by atoms with van der Waals surface area (Å²) < 4.78 is 24.8. The fourth-order valence-electron chi connectivity index (χ4n) is 20.0. The summed E-state index contributed by atoms with van der Waals surface area (Å²) in [6.45, 7) is 0. The summed E-state index contributed by atoms with van der Waals surface area (Å²) in [6.07, 6.45) is 0. The monoisotopic (exact) mass is 1450 g/mol. The second-order valence-corrected chi connectivity index (χ2v) is 38.2. The van der Waals surface area contributed by atoms with E-state index in [1.807, 2.05) is 0 Å². The molecule has 24 rings (SSSR count). The van der Waals surface area contributed by atoms with Crippen LogP contribution in [0.1, 0.15) is 0 Å². The molecule has 0 N–H and O–H groups in total. The molecule has 109 heavy (non-hydrogen) atoms. The number of hydrogen-bond acceptors (Lipinski definition) is 0. The van der Waals surface area contributed by atoms with E-state index < -0.39 is 13.3 Å². The standard InChI is InChI=1S/C100H68GeN8/c1-102-85-29-13-5-21-69(85)77-57-97-81(53-93(77)102)73-25-9-17-33-89(73)106(97)65-45-37-61(38-46-65)101(62-39-47-66(48-40-62)107-90-34-18-10-26-74(90)82-54-94-78(58-98(82)107)70-22-6-14-30-86(70)103(94)2,63-41-49-67(50-42-63)108-91-35-19-11-27-75(91)83-55-95-79(59-99(83)108)71-23-7-15-31-87(71)104(95)3)64-43-51-68(52-44-64)109-92-36-20-12-28-76(92)84-56-96-80(60-100(84)109)72-24-8-16-32-88(72)105(96)4/h5-60H,1-4H3. The van der Waals surface area contributed by atoms with E-state index in [4.69, 9.17) is 0 Å². The topological polar surface area (TPSA) is 39.4 Å². The molecule has 0 unspecified atom stereocenters. The van der Waals surface area contributed by atoms with Crippen LogP contribution in [0.3, 0.4) is 0 Å². The predicted molar refractivity (Wildman–Crippen MR) is 463 cm³/mol. The first-order chi connectivity index (χ1) is 53.7. The minimum absolute atomic E-state index is 1.12. The van der Waals surface area contributed by atoms with E-state index in [1.54, 1.807) is 0 Å². The number of nitrogens with zero attached hydrogens (tertiary/aromatic N) is 8. The first-order valence-corrected chi connectivity index (χ1v) is 42.0. The van der Waals surface area contributed by atoms with Gasteiger partial charge in [-0.05, 0) is 0 Å². The molecule has 0 saturated heterocycles. The fourth-order valence-corrected chi connectivity index (χ4v) is 29.8. The van der Waals surface area contributed by atoms with Crippen LogP contribution in [-0.4, -0.2) is 49.8 Å². The zero-order valence-corrected chi connectivity index (χ0v) is 62.5. The van der Waals surface area contributed by atoms with Gasteiger partial charge in [-0.1, -0.05) is 0 Å². The van der Waals surface area contributed by atoms with E-state index in [0.29, 0.717) is 0 Å². The zero-order valence-electron chi connectivity index (χ0n) is 60.4. The summed E-state index contributed by atoms with van der Waals surface area (Å²) in [7, 11) is 8.81. The molecule has 0 atom stereocenters. The number of hydrogen-bond donors (Lipinski definition) is 0. The van der Waals surface area contributed by atoms with Gasteiger partial charge in [0.1, 0.15) is 0 Å². The van der Waals surface area contributed by atoms with E-state index in [9.17, 15) is 0 Å². The second-order valence-electron chi connectivity index (χ2n) is 30.2. The van der Waals surface area contributed by atoms with Crippen molar-refractivity contribution in [3.63, 3.8) is 0 Å². The molecule has 8 aromatic heterocycles. The van der Waals surface area contributed by atoms with E-state index in [2.05, 4.69) is 404 Å². The van der Waals surface area contributed by atoms with Gasteiger partial charge in [0.15, 0.2) is 0 Å². The minimum atomic E-state index is -4.36. The van der Waals surface area contributed by atoms with Crippen LogP contribution >= 0.6 is 0 Å². The van der Waals surface area contributed by atoms with Crippen LogP contribution in [0.4, 0.5) is 0 Å². The van der Waals surface area contributed by atoms with Crippen molar-refractivity contribution in [3.05, 3.63) is 340 Å². The van der Waals surface area contributed by atoms with E-state index in [-0.39, 0.29) is 0 Å². The normalized spacial score (nSPS) is 12.6. The van der Waals surface area contributed by atoms with Gasteiger partial charge in [-0.15, -0.1) is 0 Å².